The van der Waals surface area contributed by atoms with Crippen LogP contribution < -0.4 is 10.5 Å². The summed E-state index contributed by atoms with van der Waals surface area (Å²) < 4.78 is 22.7. The van der Waals surface area contributed by atoms with Crippen molar-refractivity contribution in [1.82, 2.24) is 15.2 Å². The molecule has 4 N–H and O–H groups in total. The van der Waals surface area contributed by atoms with E-state index in [2.05, 4.69) is 20.5 Å². The van der Waals surface area contributed by atoms with Crippen molar-refractivity contribution < 1.29 is 13.2 Å². The number of nitrogens with two attached hydrogens (primary N) is 1. The van der Waals surface area contributed by atoms with Gasteiger partial charge in [-0.2, -0.15) is 5.10 Å². The van der Waals surface area contributed by atoms with Gasteiger partial charge in [0.15, 0.2) is 11.6 Å². The Balaban J connectivity index is 1.51. The van der Waals surface area contributed by atoms with E-state index in [9.17, 15) is 13.2 Å². The molecule has 0 radical (unpaired) electrons. The van der Waals surface area contributed by atoms with E-state index in [1.165, 1.54) is 12.1 Å². The standard InChI is InChI=1S/C22H19N5O3S/c23-31(29,30)17-12-10-15(11-13-17)14-20(28)24-19-9-5-4-8-18(19)22-25-21(26-27-22)16-6-2-1-3-7-16/h1-13H,14H2,(H,24,28)(H2,23,29,30)(H,25,26,27). The van der Waals surface area contributed by atoms with Gasteiger partial charge in [0.2, 0.25) is 15.9 Å². The maximum Gasteiger partial charge on any atom is 0.238 e. The lowest BCUT2D eigenvalue weighted by Gasteiger charge is -2.09. The van der Waals surface area contributed by atoms with Gasteiger partial charge < -0.3 is 5.32 Å². The second-order valence-electron chi connectivity index (χ2n) is 6.83. The summed E-state index contributed by atoms with van der Waals surface area (Å²) >= 11 is 0. The summed E-state index contributed by atoms with van der Waals surface area (Å²) in [4.78, 5) is 17.1. The van der Waals surface area contributed by atoms with Gasteiger partial charge >= 0.3 is 0 Å². The number of benzene rings is 3. The van der Waals surface area contributed by atoms with Crippen molar-refractivity contribution in [3.8, 4) is 22.8 Å². The van der Waals surface area contributed by atoms with Crippen molar-refractivity contribution in [1.29, 1.82) is 0 Å². The van der Waals surface area contributed by atoms with Crippen molar-refractivity contribution >= 4 is 21.6 Å². The van der Waals surface area contributed by atoms with Gasteiger partial charge in [0.25, 0.3) is 0 Å². The van der Waals surface area contributed by atoms with Gasteiger partial charge in [-0.25, -0.2) is 18.5 Å². The number of anilines is 1. The second-order valence-corrected chi connectivity index (χ2v) is 8.39. The summed E-state index contributed by atoms with van der Waals surface area (Å²) in [5, 5.41) is 15.2. The minimum atomic E-state index is -3.77. The molecule has 1 amide bonds. The fraction of sp³-hybridized carbons (Fsp3) is 0.0455. The zero-order valence-corrected chi connectivity index (χ0v) is 17.1. The zero-order chi connectivity index (χ0) is 21.8. The molecule has 0 aliphatic heterocycles. The fourth-order valence-electron chi connectivity index (χ4n) is 3.07. The van der Waals surface area contributed by atoms with Gasteiger partial charge in [-0.1, -0.05) is 54.6 Å². The Morgan fingerprint density at radius 2 is 1.61 bits per heavy atom. The fourth-order valence-corrected chi connectivity index (χ4v) is 3.59. The number of carbonyl (C=O) groups excluding carboxylic acids is 1. The van der Waals surface area contributed by atoms with Crippen LogP contribution in [0.1, 0.15) is 5.56 Å². The number of para-hydroxylation sites is 1. The number of sulfonamides is 1. The van der Waals surface area contributed by atoms with Crippen molar-refractivity contribution in [2.75, 3.05) is 5.32 Å². The zero-order valence-electron chi connectivity index (χ0n) is 16.3. The minimum Gasteiger partial charge on any atom is -0.325 e. The predicted octanol–water partition coefficient (Wildman–Crippen LogP) is 2.97. The molecular formula is C22H19N5O3S. The minimum absolute atomic E-state index is 0.00143. The van der Waals surface area contributed by atoms with Crippen LogP contribution in [-0.4, -0.2) is 29.5 Å². The van der Waals surface area contributed by atoms with E-state index in [-0.39, 0.29) is 17.2 Å². The van der Waals surface area contributed by atoms with E-state index >= 15 is 0 Å². The highest BCUT2D eigenvalue weighted by atomic mass is 32.2. The number of primary sulfonamides is 1. The summed E-state index contributed by atoms with van der Waals surface area (Å²) in [5.74, 6) is 0.845. The molecule has 4 rings (SSSR count). The molecule has 0 atom stereocenters. The van der Waals surface area contributed by atoms with Crippen LogP contribution in [0.2, 0.25) is 0 Å². The molecule has 0 aliphatic rings. The summed E-state index contributed by atoms with van der Waals surface area (Å²) in [6.07, 6.45) is 0.0743. The molecule has 0 unspecified atom stereocenters. The van der Waals surface area contributed by atoms with E-state index < -0.39 is 10.0 Å². The number of aromatic nitrogens is 3. The summed E-state index contributed by atoms with van der Waals surface area (Å²) in [7, 11) is -3.77. The van der Waals surface area contributed by atoms with E-state index in [0.717, 1.165) is 5.56 Å². The molecule has 9 heteroatoms. The highest BCUT2D eigenvalue weighted by Gasteiger charge is 2.14. The number of aromatic amines is 1. The first-order chi connectivity index (χ1) is 14.9. The Bertz CT molecular complexity index is 1320. The lowest BCUT2D eigenvalue weighted by atomic mass is 10.1. The van der Waals surface area contributed by atoms with Crippen LogP contribution in [0, 0.1) is 0 Å². The second kappa shape index (κ2) is 8.50. The number of H-pyrrole nitrogens is 1. The van der Waals surface area contributed by atoms with Crippen LogP contribution in [0.4, 0.5) is 5.69 Å². The molecule has 0 bridgehead atoms. The SMILES string of the molecule is NS(=O)(=O)c1ccc(CC(=O)Nc2ccccc2-c2nc(-c3ccccc3)n[nH]2)cc1. The van der Waals surface area contributed by atoms with Gasteiger partial charge in [-0.05, 0) is 29.8 Å². The first-order valence-corrected chi connectivity index (χ1v) is 10.9. The Hall–Kier alpha value is -3.82. The number of nitrogens with one attached hydrogen (secondary N) is 2. The number of hydrogen-bond acceptors (Lipinski definition) is 5. The molecule has 0 aliphatic carbocycles. The average molecular weight is 433 g/mol. The third-order valence-corrected chi connectivity index (χ3v) is 5.52. The monoisotopic (exact) mass is 433 g/mol. The van der Waals surface area contributed by atoms with Crippen molar-refractivity contribution in [3.63, 3.8) is 0 Å². The Morgan fingerprint density at radius 3 is 2.32 bits per heavy atom. The lowest BCUT2D eigenvalue weighted by Crippen LogP contribution is -2.15. The predicted molar refractivity (Wildman–Crippen MR) is 117 cm³/mol. The molecule has 0 saturated carbocycles. The molecule has 0 fully saturated rings. The first kappa shape index (κ1) is 20.5. The van der Waals surface area contributed by atoms with Crippen LogP contribution in [-0.2, 0) is 21.2 Å². The van der Waals surface area contributed by atoms with Crippen LogP contribution in [0.3, 0.4) is 0 Å². The van der Waals surface area contributed by atoms with Gasteiger partial charge in [-0.3, -0.25) is 9.89 Å². The number of hydrogen-bond donors (Lipinski definition) is 3. The third kappa shape index (κ3) is 4.85. The molecule has 3 aromatic carbocycles. The number of amides is 1. The Labute approximate surface area is 179 Å². The molecule has 0 saturated heterocycles. The van der Waals surface area contributed by atoms with Crippen LogP contribution in [0.15, 0.2) is 83.8 Å². The Kier molecular flexibility index (Phi) is 5.61. The van der Waals surface area contributed by atoms with E-state index in [0.29, 0.717) is 28.5 Å². The molecule has 156 valence electrons. The summed E-state index contributed by atoms with van der Waals surface area (Å²) in [6, 6.07) is 22.8. The first-order valence-electron chi connectivity index (χ1n) is 9.39. The quantitative estimate of drug-likeness (QED) is 0.430. The van der Waals surface area contributed by atoms with Crippen molar-refractivity contribution in [3.05, 3.63) is 84.4 Å². The lowest BCUT2D eigenvalue weighted by molar-refractivity contribution is -0.115. The van der Waals surface area contributed by atoms with Gasteiger partial charge in [-0.15, -0.1) is 0 Å². The molecular weight excluding hydrogens is 414 g/mol. The average Bonchev–Trinajstić information content (AvgIpc) is 3.24. The molecule has 31 heavy (non-hydrogen) atoms. The highest BCUT2D eigenvalue weighted by molar-refractivity contribution is 7.89. The van der Waals surface area contributed by atoms with Crippen LogP contribution >= 0.6 is 0 Å². The third-order valence-electron chi connectivity index (χ3n) is 4.59. The number of rotatable bonds is 6. The summed E-state index contributed by atoms with van der Waals surface area (Å²) in [5.41, 5.74) is 2.84. The maximum absolute atomic E-state index is 12.6. The normalized spacial score (nSPS) is 11.3. The maximum atomic E-state index is 12.6. The van der Waals surface area contributed by atoms with Crippen LogP contribution in [0.25, 0.3) is 22.8 Å². The molecule has 1 aromatic heterocycles. The number of carbonyl (C=O) groups is 1. The molecule has 8 nitrogen and oxygen atoms in total. The topological polar surface area (TPSA) is 131 Å². The van der Waals surface area contributed by atoms with E-state index in [1.54, 1.807) is 18.2 Å². The molecule has 4 aromatic rings. The largest absolute Gasteiger partial charge is 0.325 e. The Morgan fingerprint density at radius 1 is 0.935 bits per heavy atom. The van der Waals surface area contributed by atoms with Gasteiger partial charge in [0, 0.05) is 11.1 Å². The molecule has 0 spiro atoms. The van der Waals surface area contributed by atoms with Gasteiger partial charge in [0.1, 0.15) is 0 Å². The smallest absolute Gasteiger partial charge is 0.238 e. The van der Waals surface area contributed by atoms with Gasteiger partial charge in [0.05, 0.1) is 17.0 Å². The van der Waals surface area contributed by atoms with E-state index in [1.807, 2.05) is 48.5 Å². The van der Waals surface area contributed by atoms with Crippen LogP contribution in [0.5, 0.6) is 0 Å². The summed E-state index contributed by atoms with van der Waals surface area (Å²) in [6.45, 7) is 0. The highest BCUT2D eigenvalue weighted by Crippen LogP contribution is 2.27. The van der Waals surface area contributed by atoms with E-state index in [4.69, 9.17) is 5.14 Å². The van der Waals surface area contributed by atoms with Crippen molar-refractivity contribution in [2.24, 2.45) is 5.14 Å². The molecule has 1 heterocycles. The van der Waals surface area contributed by atoms with Crippen molar-refractivity contribution in [2.45, 2.75) is 11.3 Å². The number of nitrogens with zero attached hydrogens (tertiary/aromatic N) is 2.